The smallest absolute Gasteiger partial charge is 0.0218 e. The fourth-order valence-electron chi connectivity index (χ4n) is 2.14. The molecule has 1 heterocycles. The third-order valence-corrected chi connectivity index (χ3v) is 3.94. The van der Waals surface area contributed by atoms with E-state index in [1.54, 1.807) is 0 Å². The molecule has 0 aromatic carbocycles. The number of rotatable bonds is 6. The van der Waals surface area contributed by atoms with E-state index in [0.717, 1.165) is 6.54 Å². The maximum Gasteiger partial charge on any atom is 0.0218 e. The van der Waals surface area contributed by atoms with Crippen molar-refractivity contribution in [1.82, 2.24) is 4.90 Å². The quantitative estimate of drug-likeness (QED) is 0.688. The third kappa shape index (κ3) is 4.20. The minimum atomic E-state index is 0.676. The molecule has 1 saturated heterocycles. The van der Waals surface area contributed by atoms with Gasteiger partial charge in [0.1, 0.15) is 0 Å². The van der Waals surface area contributed by atoms with E-state index in [1.165, 1.54) is 50.3 Å². The predicted molar refractivity (Wildman–Crippen MR) is 65.9 cm³/mol. The van der Waals surface area contributed by atoms with Crippen LogP contribution in [0.15, 0.2) is 0 Å². The lowest BCUT2D eigenvalue weighted by Gasteiger charge is -2.34. The van der Waals surface area contributed by atoms with Crippen molar-refractivity contribution in [3.8, 4) is 0 Å². The molecule has 0 amide bonds. The Kier molecular flexibility index (Phi) is 6.65. The van der Waals surface area contributed by atoms with Gasteiger partial charge in [-0.05, 0) is 43.9 Å². The van der Waals surface area contributed by atoms with Gasteiger partial charge in [0.25, 0.3) is 0 Å². The molecular formula is C11H24N2S. The monoisotopic (exact) mass is 216 g/mol. The summed E-state index contributed by atoms with van der Waals surface area (Å²) in [5.41, 5.74) is 5.78. The van der Waals surface area contributed by atoms with E-state index in [0.29, 0.717) is 6.04 Å². The highest BCUT2D eigenvalue weighted by Crippen LogP contribution is 2.16. The molecule has 14 heavy (non-hydrogen) atoms. The lowest BCUT2D eigenvalue weighted by atomic mass is 10.0. The highest BCUT2D eigenvalue weighted by atomic mass is 32.2. The van der Waals surface area contributed by atoms with Crippen molar-refractivity contribution >= 4 is 11.8 Å². The second-order valence-electron chi connectivity index (χ2n) is 3.97. The lowest BCUT2D eigenvalue weighted by molar-refractivity contribution is 0.153. The molecule has 1 aliphatic rings. The van der Waals surface area contributed by atoms with Gasteiger partial charge in [-0.25, -0.2) is 0 Å². The molecule has 0 aliphatic carbocycles. The summed E-state index contributed by atoms with van der Waals surface area (Å²) in [6.45, 7) is 5.61. The van der Waals surface area contributed by atoms with E-state index < -0.39 is 0 Å². The van der Waals surface area contributed by atoms with Crippen molar-refractivity contribution in [2.75, 3.05) is 31.1 Å². The highest BCUT2D eigenvalue weighted by Gasteiger charge is 2.19. The van der Waals surface area contributed by atoms with Crippen molar-refractivity contribution < 1.29 is 0 Å². The Hall–Kier alpha value is 0.270. The number of piperidine rings is 1. The molecule has 1 rings (SSSR count). The maximum atomic E-state index is 5.78. The summed E-state index contributed by atoms with van der Waals surface area (Å²) in [6.07, 6.45) is 5.39. The maximum absolute atomic E-state index is 5.78. The van der Waals surface area contributed by atoms with Crippen molar-refractivity contribution in [2.24, 2.45) is 5.73 Å². The molecule has 3 heteroatoms. The van der Waals surface area contributed by atoms with Gasteiger partial charge in [0.15, 0.2) is 0 Å². The molecule has 2 N–H and O–H groups in total. The molecule has 1 aliphatic heterocycles. The van der Waals surface area contributed by atoms with Crippen LogP contribution < -0.4 is 5.73 Å². The number of nitrogens with two attached hydrogens (primary N) is 1. The predicted octanol–water partition coefficient (Wildman–Crippen LogP) is 1.94. The van der Waals surface area contributed by atoms with Gasteiger partial charge in [0.05, 0.1) is 0 Å². The van der Waals surface area contributed by atoms with Crippen LogP contribution in [-0.4, -0.2) is 42.1 Å². The molecule has 1 atom stereocenters. The molecule has 0 saturated carbocycles. The van der Waals surface area contributed by atoms with Crippen LogP contribution in [0, 0.1) is 0 Å². The van der Waals surface area contributed by atoms with E-state index >= 15 is 0 Å². The van der Waals surface area contributed by atoms with Crippen LogP contribution in [0.2, 0.25) is 0 Å². The molecule has 0 aromatic rings. The summed E-state index contributed by atoms with van der Waals surface area (Å²) in [6, 6.07) is 0.676. The molecule has 0 spiro atoms. The summed E-state index contributed by atoms with van der Waals surface area (Å²) in [5.74, 6) is 2.56. The van der Waals surface area contributed by atoms with Gasteiger partial charge in [0.2, 0.25) is 0 Å². The van der Waals surface area contributed by atoms with Gasteiger partial charge in [-0.15, -0.1) is 0 Å². The first-order valence-corrected chi connectivity index (χ1v) is 7.05. The van der Waals surface area contributed by atoms with Crippen LogP contribution in [0.4, 0.5) is 0 Å². The first-order chi connectivity index (χ1) is 6.88. The number of nitrogens with zero attached hydrogens (tertiary/aromatic N) is 1. The number of hydrogen-bond acceptors (Lipinski definition) is 3. The molecule has 84 valence electrons. The number of likely N-dealkylation sites (tertiary alicyclic amines) is 1. The van der Waals surface area contributed by atoms with E-state index in [-0.39, 0.29) is 0 Å². The zero-order valence-corrected chi connectivity index (χ0v) is 10.2. The zero-order chi connectivity index (χ0) is 10.2. The Bertz CT molecular complexity index is 141. The minimum absolute atomic E-state index is 0.676. The minimum Gasteiger partial charge on any atom is -0.329 e. The standard InChI is InChI=1S/C11H24N2S/c1-2-14-9-5-8-13-7-4-3-6-11(13)10-12/h11H,2-10,12H2,1H3. The van der Waals surface area contributed by atoms with Gasteiger partial charge in [0, 0.05) is 12.6 Å². The third-order valence-electron chi connectivity index (χ3n) is 2.96. The van der Waals surface area contributed by atoms with Gasteiger partial charge < -0.3 is 5.73 Å². The second kappa shape index (κ2) is 7.55. The molecule has 2 nitrogen and oxygen atoms in total. The average Bonchev–Trinajstić information content (AvgIpc) is 2.25. The molecule has 1 unspecified atom stereocenters. The highest BCUT2D eigenvalue weighted by molar-refractivity contribution is 7.99. The first kappa shape index (κ1) is 12.3. The van der Waals surface area contributed by atoms with Gasteiger partial charge >= 0.3 is 0 Å². The molecular weight excluding hydrogens is 192 g/mol. The Morgan fingerprint density at radius 1 is 1.43 bits per heavy atom. The topological polar surface area (TPSA) is 29.3 Å². The van der Waals surface area contributed by atoms with Crippen molar-refractivity contribution in [3.05, 3.63) is 0 Å². The van der Waals surface area contributed by atoms with Crippen molar-refractivity contribution in [3.63, 3.8) is 0 Å². The van der Waals surface area contributed by atoms with E-state index in [1.807, 2.05) is 11.8 Å². The van der Waals surface area contributed by atoms with Crippen LogP contribution in [0.3, 0.4) is 0 Å². The van der Waals surface area contributed by atoms with Crippen LogP contribution in [0.5, 0.6) is 0 Å². The second-order valence-corrected chi connectivity index (χ2v) is 5.37. The van der Waals surface area contributed by atoms with Crippen molar-refractivity contribution in [2.45, 2.75) is 38.6 Å². The summed E-state index contributed by atoms with van der Waals surface area (Å²) < 4.78 is 0. The van der Waals surface area contributed by atoms with Gasteiger partial charge in [-0.1, -0.05) is 13.3 Å². The molecule has 0 radical (unpaired) electrons. The van der Waals surface area contributed by atoms with E-state index in [9.17, 15) is 0 Å². The normalized spacial score (nSPS) is 24.0. The summed E-state index contributed by atoms with van der Waals surface area (Å²) in [5, 5.41) is 0. The van der Waals surface area contributed by atoms with Crippen LogP contribution in [0.1, 0.15) is 32.6 Å². The van der Waals surface area contributed by atoms with Crippen molar-refractivity contribution in [1.29, 1.82) is 0 Å². The van der Waals surface area contributed by atoms with Gasteiger partial charge in [-0.3, -0.25) is 4.90 Å². The number of thioether (sulfide) groups is 1. The summed E-state index contributed by atoms with van der Waals surface area (Å²) in [7, 11) is 0. The fourth-order valence-corrected chi connectivity index (χ4v) is 2.76. The van der Waals surface area contributed by atoms with Gasteiger partial charge in [-0.2, -0.15) is 11.8 Å². The van der Waals surface area contributed by atoms with E-state index in [4.69, 9.17) is 5.73 Å². The lowest BCUT2D eigenvalue weighted by Crippen LogP contribution is -2.44. The SMILES string of the molecule is CCSCCCN1CCCCC1CN. The fraction of sp³-hybridized carbons (Fsp3) is 1.00. The molecule has 0 bridgehead atoms. The van der Waals surface area contributed by atoms with Crippen LogP contribution >= 0.6 is 11.8 Å². The zero-order valence-electron chi connectivity index (χ0n) is 9.37. The Morgan fingerprint density at radius 3 is 3.00 bits per heavy atom. The van der Waals surface area contributed by atoms with Crippen LogP contribution in [0.25, 0.3) is 0 Å². The Morgan fingerprint density at radius 2 is 2.29 bits per heavy atom. The first-order valence-electron chi connectivity index (χ1n) is 5.90. The molecule has 1 fully saturated rings. The Labute approximate surface area is 92.6 Å². The molecule has 0 aromatic heterocycles. The summed E-state index contributed by atoms with van der Waals surface area (Å²) in [4.78, 5) is 2.60. The number of hydrogen-bond donors (Lipinski definition) is 1. The summed E-state index contributed by atoms with van der Waals surface area (Å²) >= 11 is 2.05. The van der Waals surface area contributed by atoms with E-state index in [2.05, 4.69) is 11.8 Å². The average molecular weight is 216 g/mol. The largest absolute Gasteiger partial charge is 0.329 e. The Balaban J connectivity index is 2.13. The van der Waals surface area contributed by atoms with Crippen LogP contribution in [-0.2, 0) is 0 Å².